The molecule has 2 rings (SSSR count). The molecule has 0 bridgehead atoms. The first-order chi connectivity index (χ1) is 8.76. The molecule has 0 saturated carbocycles. The third kappa shape index (κ3) is 2.93. The van der Waals surface area contributed by atoms with Gasteiger partial charge in [0.2, 0.25) is 0 Å². The van der Waals surface area contributed by atoms with Crippen LogP contribution in [0.2, 0.25) is 0 Å². The first-order valence-corrected chi connectivity index (χ1v) is 7.30. The molecule has 1 fully saturated rings. The van der Waals surface area contributed by atoms with Crippen LogP contribution in [0.5, 0.6) is 0 Å². The molecular weight excluding hydrogens is 220 g/mol. The maximum atomic E-state index is 3.68. The highest BCUT2D eigenvalue weighted by Crippen LogP contribution is 2.27. The van der Waals surface area contributed by atoms with Crippen molar-refractivity contribution in [2.45, 2.75) is 51.7 Å². The van der Waals surface area contributed by atoms with Crippen molar-refractivity contribution in [1.29, 1.82) is 0 Å². The Morgan fingerprint density at radius 1 is 1.28 bits per heavy atom. The SMILES string of the molecule is CCC1CN(C(C)CC)C(c2ccccc2)CN1. The molecule has 0 spiro atoms. The monoisotopic (exact) mass is 246 g/mol. The number of benzene rings is 1. The number of rotatable bonds is 4. The van der Waals surface area contributed by atoms with Gasteiger partial charge in [0.05, 0.1) is 0 Å². The van der Waals surface area contributed by atoms with Gasteiger partial charge in [0.25, 0.3) is 0 Å². The molecule has 1 aliphatic heterocycles. The lowest BCUT2D eigenvalue weighted by molar-refractivity contribution is 0.0855. The summed E-state index contributed by atoms with van der Waals surface area (Å²) in [5.74, 6) is 0. The molecule has 1 saturated heterocycles. The second-order valence-corrected chi connectivity index (χ2v) is 5.39. The topological polar surface area (TPSA) is 15.3 Å². The third-order valence-corrected chi connectivity index (χ3v) is 4.27. The van der Waals surface area contributed by atoms with Crippen molar-refractivity contribution in [2.75, 3.05) is 13.1 Å². The van der Waals surface area contributed by atoms with Crippen LogP contribution in [0.1, 0.15) is 45.2 Å². The molecule has 0 radical (unpaired) electrons. The maximum Gasteiger partial charge on any atom is 0.0476 e. The summed E-state index contributed by atoms with van der Waals surface area (Å²) in [6.45, 7) is 9.16. The van der Waals surface area contributed by atoms with Crippen molar-refractivity contribution in [3.05, 3.63) is 35.9 Å². The average Bonchev–Trinajstić information content (AvgIpc) is 2.46. The van der Waals surface area contributed by atoms with Gasteiger partial charge >= 0.3 is 0 Å². The molecule has 3 unspecified atom stereocenters. The summed E-state index contributed by atoms with van der Waals surface area (Å²) in [5.41, 5.74) is 1.44. The van der Waals surface area contributed by atoms with E-state index in [-0.39, 0.29) is 0 Å². The predicted octanol–water partition coefficient (Wildman–Crippen LogP) is 3.21. The fourth-order valence-corrected chi connectivity index (χ4v) is 2.82. The Morgan fingerprint density at radius 3 is 2.61 bits per heavy atom. The van der Waals surface area contributed by atoms with Crippen molar-refractivity contribution in [1.82, 2.24) is 10.2 Å². The van der Waals surface area contributed by atoms with Gasteiger partial charge < -0.3 is 5.32 Å². The molecule has 18 heavy (non-hydrogen) atoms. The fourth-order valence-electron chi connectivity index (χ4n) is 2.82. The summed E-state index contributed by atoms with van der Waals surface area (Å²) in [6, 6.07) is 12.8. The van der Waals surface area contributed by atoms with E-state index in [4.69, 9.17) is 0 Å². The van der Waals surface area contributed by atoms with E-state index in [0.717, 1.165) is 6.54 Å². The van der Waals surface area contributed by atoms with E-state index in [1.807, 2.05) is 0 Å². The second kappa shape index (κ2) is 6.35. The zero-order valence-corrected chi connectivity index (χ0v) is 11.9. The number of nitrogens with zero attached hydrogens (tertiary/aromatic N) is 1. The molecule has 1 aromatic rings. The minimum atomic E-state index is 0.531. The zero-order valence-electron chi connectivity index (χ0n) is 11.9. The number of hydrogen-bond acceptors (Lipinski definition) is 2. The average molecular weight is 246 g/mol. The Hall–Kier alpha value is -0.860. The lowest BCUT2D eigenvalue weighted by atomic mass is 9.97. The van der Waals surface area contributed by atoms with E-state index in [9.17, 15) is 0 Å². The van der Waals surface area contributed by atoms with Gasteiger partial charge in [-0.05, 0) is 25.3 Å². The van der Waals surface area contributed by atoms with Gasteiger partial charge in [-0.3, -0.25) is 4.90 Å². The van der Waals surface area contributed by atoms with Gasteiger partial charge in [-0.2, -0.15) is 0 Å². The summed E-state index contributed by atoms with van der Waals surface area (Å²) in [5, 5.41) is 3.68. The van der Waals surface area contributed by atoms with E-state index in [1.54, 1.807) is 0 Å². The Morgan fingerprint density at radius 2 is 2.00 bits per heavy atom. The summed E-state index contributed by atoms with van der Waals surface area (Å²) >= 11 is 0. The smallest absolute Gasteiger partial charge is 0.0476 e. The van der Waals surface area contributed by atoms with E-state index in [2.05, 4.69) is 61.3 Å². The largest absolute Gasteiger partial charge is 0.311 e. The van der Waals surface area contributed by atoms with Crippen LogP contribution in [0.25, 0.3) is 0 Å². The van der Waals surface area contributed by atoms with Crippen LogP contribution < -0.4 is 5.32 Å². The molecule has 0 aliphatic carbocycles. The Balaban J connectivity index is 2.17. The quantitative estimate of drug-likeness (QED) is 0.877. The molecule has 2 nitrogen and oxygen atoms in total. The number of hydrogen-bond donors (Lipinski definition) is 1. The van der Waals surface area contributed by atoms with Crippen LogP contribution in [0.3, 0.4) is 0 Å². The third-order valence-electron chi connectivity index (χ3n) is 4.27. The van der Waals surface area contributed by atoms with Gasteiger partial charge in [-0.1, -0.05) is 44.2 Å². The highest BCUT2D eigenvalue weighted by molar-refractivity contribution is 5.20. The number of nitrogens with one attached hydrogen (secondary N) is 1. The highest BCUT2D eigenvalue weighted by Gasteiger charge is 2.30. The van der Waals surface area contributed by atoms with Crippen molar-refractivity contribution in [2.24, 2.45) is 0 Å². The molecule has 0 aromatic heterocycles. The Bertz CT molecular complexity index is 349. The van der Waals surface area contributed by atoms with E-state index < -0.39 is 0 Å². The van der Waals surface area contributed by atoms with Crippen LogP contribution in [-0.4, -0.2) is 30.1 Å². The van der Waals surface area contributed by atoms with Crippen molar-refractivity contribution in [3.8, 4) is 0 Å². The zero-order chi connectivity index (χ0) is 13.0. The first-order valence-electron chi connectivity index (χ1n) is 7.30. The van der Waals surface area contributed by atoms with Crippen molar-refractivity contribution < 1.29 is 0 Å². The fraction of sp³-hybridized carbons (Fsp3) is 0.625. The molecule has 3 atom stereocenters. The van der Waals surface area contributed by atoms with Crippen LogP contribution in [0.4, 0.5) is 0 Å². The number of piperazine rings is 1. The lowest BCUT2D eigenvalue weighted by Gasteiger charge is -2.43. The molecule has 0 amide bonds. The molecule has 1 heterocycles. The molecule has 2 heteroatoms. The lowest BCUT2D eigenvalue weighted by Crippen LogP contribution is -2.54. The summed E-state index contributed by atoms with van der Waals surface area (Å²) in [4.78, 5) is 2.68. The van der Waals surface area contributed by atoms with E-state index in [0.29, 0.717) is 18.1 Å². The van der Waals surface area contributed by atoms with E-state index >= 15 is 0 Å². The molecule has 1 N–H and O–H groups in total. The molecule has 1 aliphatic rings. The van der Waals surface area contributed by atoms with Crippen molar-refractivity contribution in [3.63, 3.8) is 0 Å². The second-order valence-electron chi connectivity index (χ2n) is 5.39. The standard InChI is InChI=1S/C16H26N2/c1-4-13(3)18-12-15(5-2)17-11-16(18)14-9-7-6-8-10-14/h6-10,13,15-17H,4-5,11-12H2,1-3H3. The van der Waals surface area contributed by atoms with Gasteiger partial charge in [-0.15, -0.1) is 0 Å². The normalized spacial score (nSPS) is 27.1. The summed E-state index contributed by atoms with van der Waals surface area (Å²) in [7, 11) is 0. The van der Waals surface area contributed by atoms with E-state index in [1.165, 1.54) is 24.9 Å². The van der Waals surface area contributed by atoms with Crippen LogP contribution in [0, 0.1) is 0 Å². The van der Waals surface area contributed by atoms with Gasteiger partial charge in [0.15, 0.2) is 0 Å². The Kier molecular flexibility index (Phi) is 4.79. The Labute approximate surface area is 111 Å². The van der Waals surface area contributed by atoms with Crippen molar-refractivity contribution >= 4 is 0 Å². The predicted molar refractivity (Wildman–Crippen MR) is 77.7 cm³/mol. The van der Waals surface area contributed by atoms with Crippen LogP contribution in [-0.2, 0) is 0 Å². The van der Waals surface area contributed by atoms with Crippen LogP contribution >= 0.6 is 0 Å². The van der Waals surface area contributed by atoms with Gasteiger partial charge in [-0.25, -0.2) is 0 Å². The summed E-state index contributed by atoms with van der Waals surface area (Å²) < 4.78 is 0. The molecule has 1 aromatic carbocycles. The molecule has 100 valence electrons. The maximum absolute atomic E-state index is 3.68. The minimum Gasteiger partial charge on any atom is -0.311 e. The minimum absolute atomic E-state index is 0.531. The van der Waals surface area contributed by atoms with Gasteiger partial charge in [0.1, 0.15) is 0 Å². The summed E-state index contributed by atoms with van der Waals surface area (Å²) in [6.07, 6.45) is 2.44. The first kappa shape index (κ1) is 13.6. The van der Waals surface area contributed by atoms with Gasteiger partial charge in [0, 0.05) is 31.2 Å². The molecular formula is C16H26N2. The van der Waals surface area contributed by atoms with Crippen LogP contribution in [0.15, 0.2) is 30.3 Å². The highest BCUT2D eigenvalue weighted by atomic mass is 15.2.